The van der Waals surface area contributed by atoms with E-state index in [4.69, 9.17) is 5.21 Å². The van der Waals surface area contributed by atoms with Crippen LogP contribution < -0.4 is 10.8 Å². The summed E-state index contributed by atoms with van der Waals surface area (Å²) in [4.78, 5) is 17.8. The van der Waals surface area contributed by atoms with E-state index in [9.17, 15) is 9.18 Å². The minimum Gasteiger partial charge on any atom is -0.366 e. The lowest BCUT2D eigenvalue weighted by molar-refractivity contribution is -0.126. The van der Waals surface area contributed by atoms with E-state index in [1.807, 2.05) is 0 Å². The summed E-state index contributed by atoms with van der Waals surface area (Å²) in [7, 11) is 0. The molecule has 1 aliphatic heterocycles. The number of halogens is 3. The van der Waals surface area contributed by atoms with Gasteiger partial charge in [0.15, 0.2) is 5.83 Å². The number of likely N-dealkylation sites (tertiary alicyclic amines) is 1. The van der Waals surface area contributed by atoms with Crippen LogP contribution in [0.15, 0.2) is 24.2 Å². The summed E-state index contributed by atoms with van der Waals surface area (Å²) in [5.74, 6) is -0.628. The molecule has 28 heavy (non-hydrogen) atoms. The van der Waals surface area contributed by atoms with E-state index < -0.39 is 11.7 Å². The molecule has 2 fully saturated rings. The number of nitrogens with zero attached hydrogens (tertiary/aromatic N) is 2. The molecule has 6 nitrogen and oxygen atoms in total. The van der Waals surface area contributed by atoms with Crippen LogP contribution in [0.1, 0.15) is 44.1 Å². The van der Waals surface area contributed by atoms with Gasteiger partial charge >= 0.3 is 5.91 Å². The van der Waals surface area contributed by atoms with Crippen LogP contribution in [0.25, 0.3) is 6.08 Å². The second-order valence-corrected chi connectivity index (χ2v) is 7.30. The Morgan fingerprint density at radius 1 is 1.25 bits per heavy atom. The van der Waals surface area contributed by atoms with Gasteiger partial charge < -0.3 is 10.2 Å². The molecule has 1 saturated carbocycles. The molecule has 3 N–H and O–H groups in total. The van der Waals surface area contributed by atoms with E-state index in [1.54, 1.807) is 12.1 Å². The quantitative estimate of drug-likeness (QED) is 0.360. The van der Waals surface area contributed by atoms with Crippen molar-refractivity contribution in [3.63, 3.8) is 0 Å². The lowest BCUT2D eigenvalue weighted by Crippen LogP contribution is -2.31. The number of nitrogens with one attached hydrogen (secondary N) is 2. The van der Waals surface area contributed by atoms with Gasteiger partial charge in [-0.2, -0.15) is 0 Å². The highest BCUT2D eigenvalue weighted by Gasteiger charge is 2.25. The minimum atomic E-state index is -1.17. The van der Waals surface area contributed by atoms with Crippen LogP contribution in [0.2, 0.25) is 0 Å². The Labute approximate surface area is 177 Å². The number of aromatic nitrogens is 1. The zero-order chi connectivity index (χ0) is 18.4. The Bertz CT molecular complexity index is 639. The first-order chi connectivity index (χ1) is 12.6. The SMILES string of the molecule is Cl.Cl.O=C(NO)C(F)=Cc1ccc(N[C@@H]2CCN(CC3CCCCC3)C2)nc1. The highest BCUT2D eigenvalue weighted by Crippen LogP contribution is 2.26. The third-order valence-corrected chi connectivity index (χ3v) is 5.26. The molecule has 0 spiro atoms. The predicted molar refractivity (Wildman–Crippen MR) is 113 cm³/mol. The van der Waals surface area contributed by atoms with E-state index in [1.165, 1.54) is 50.3 Å². The first kappa shape index (κ1) is 24.6. The average Bonchev–Trinajstić information content (AvgIpc) is 3.10. The van der Waals surface area contributed by atoms with E-state index in [2.05, 4.69) is 15.2 Å². The van der Waals surface area contributed by atoms with Gasteiger partial charge in [0, 0.05) is 31.9 Å². The predicted octanol–water partition coefficient (Wildman–Crippen LogP) is 3.81. The summed E-state index contributed by atoms with van der Waals surface area (Å²) < 4.78 is 13.4. The number of hydroxylamine groups is 1. The molecule has 9 heteroatoms. The lowest BCUT2D eigenvalue weighted by atomic mass is 9.89. The van der Waals surface area contributed by atoms with Crippen LogP contribution in [-0.2, 0) is 4.79 Å². The molecule has 1 aromatic heterocycles. The van der Waals surface area contributed by atoms with Crippen molar-refractivity contribution < 1.29 is 14.4 Å². The summed E-state index contributed by atoms with van der Waals surface area (Å²) >= 11 is 0. The molecule has 0 unspecified atom stereocenters. The zero-order valence-electron chi connectivity index (χ0n) is 15.8. The highest BCUT2D eigenvalue weighted by molar-refractivity contribution is 5.94. The van der Waals surface area contributed by atoms with Gasteiger partial charge in [0.25, 0.3) is 0 Å². The molecular formula is C19H29Cl2FN4O2. The van der Waals surface area contributed by atoms with Crippen molar-refractivity contribution in [2.45, 2.75) is 44.6 Å². The van der Waals surface area contributed by atoms with Gasteiger partial charge in [-0.05, 0) is 49.0 Å². The van der Waals surface area contributed by atoms with E-state index >= 15 is 0 Å². The van der Waals surface area contributed by atoms with Gasteiger partial charge in [-0.3, -0.25) is 10.0 Å². The number of amides is 1. The van der Waals surface area contributed by atoms with Crippen molar-refractivity contribution in [1.82, 2.24) is 15.4 Å². The second kappa shape index (κ2) is 12.2. The average molecular weight is 435 g/mol. The molecule has 2 aliphatic rings. The Kier molecular flexibility index (Phi) is 10.7. The standard InChI is InChI=1S/C19H27FN4O2.2ClH/c20-17(19(25)23-26)10-15-6-7-18(21-11-15)22-16-8-9-24(13-16)12-14-4-2-1-3-5-14;;/h6-7,10-11,14,16,26H,1-5,8-9,12-13H2,(H,21,22)(H,23,25);2*1H/t16-;;/m1../s1. The first-order valence-electron chi connectivity index (χ1n) is 9.40. The van der Waals surface area contributed by atoms with E-state index in [0.29, 0.717) is 11.6 Å². The van der Waals surface area contributed by atoms with Gasteiger partial charge in [-0.1, -0.05) is 19.3 Å². The van der Waals surface area contributed by atoms with E-state index in [0.717, 1.165) is 37.3 Å². The van der Waals surface area contributed by atoms with Crippen molar-refractivity contribution in [3.05, 3.63) is 29.7 Å². The monoisotopic (exact) mass is 434 g/mol. The van der Waals surface area contributed by atoms with Crippen LogP contribution in [0, 0.1) is 5.92 Å². The van der Waals surface area contributed by atoms with Gasteiger partial charge in [-0.25, -0.2) is 14.9 Å². The molecule has 1 saturated heterocycles. The molecule has 158 valence electrons. The number of hydrogen-bond acceptors (Lipinski definition) is 5. The normalized spacial score (nSPS) is 20.8. The Morgan fingerprint density at radius 2 is 2.00 bits per heavy atom. The van der Waals surface area contributed by atoms with Crippen molar-refractivity contribution in [3.8, 4) is 0 Å². The Balaban J connectivity index is 0.00000196. The number of carbonyl (C=O) groups is 1. The number of hydrogen-bond donors (Lipinski definition) is 3. The highest BCUT2D eigenvalue weighted by atomic mass is 35.5. The fourth-order valence-electron chi connectivity index (χ4n) is 3.90. The molecule has 2 heterocycles. The van der Waals surface area contributed by atoms with Crippen molar-refractivity contribution in [1.29, 1.82) is 0 Å². The van der Waals surface area contributed by atoms with Gasteiger partial charge in [0.2, 0.25) is 0 Å². The number of rotatable bonds is 6. The molecule has 1 aliphatic carbocycles. The smallest absolute Gasteiger partial charge is 0.303 e. The molecular weight excluding hydrogens is 406 g/mol. The molecule has 1 atom stereocenters. The van der Waals surface area contributed by atoms with Crippen molar-refractivity contribution >= 4 is 42.6 Å². The summed E-state index contributed by atoms with van der Waals surface area (Å²) in [5.41, 5.74) is 1.72. The fraction of sp³-hybridized carbons (Fsp3) is 0.579. The van der Waals surface area contributed by atoms with Crippen LogP contribution in [-0.4, -0.2) is 46.7 Å². The summed E-state index contributed by atoms with van der Waals surface area (Å²) in [6.07, 6.45) is 10.5. The third kappa shape index (κ3) is 7.20. The molecule has 0 radical (unpaired) electrons. The molecule has 1 amide bonds. The van der Waals surface area contributed by atoms with Crippen LogP contribution >= 0.6 is 24.8 Å². The number of anilines is 1. The molecule has 1 aromatic rings. The Morgan fingerprint density at radius 3 is 2.64 bits per heavy atom. The maximum absolute atomic E-state index is 13.4. The topological polar surface area (TPSA) is 77.5 Å². The number of pyridine rings is 1. The molecule has 0 bridgehead atoms. The fourth-order valence-corrected chi connectivity index (χ4v) is 3.90. The molecule has 3 rings (SSSR count). The van der Waals surface area contributed by atoms with Crippen LogP contribution in [0.3, 0.4) is 0 Å². The van der Waals surface area contributed by atoms with Gasteiger partial charge in [-0.15, -0.1) is 24.8 Å². The second-order valence-electron chi connectivity index (χ2n) is 7.30. The van der Waals surface area contributed by atoms with Crippen molar-refractivity contribution in [2.75, 3.05) is 25.0 Å². The van der Waals surface area contributed by atoms with E-state index in [-0.39, 0.29) is 24.8 Å². The van der Waals surface area contributed by atoms with Gasteiger partial charge in [0.1, 0.15) is 5.82 Å². The zero-order valence-corrected chi connectivity index (χ0v) is 17.4. The maximum atomic E-state index is 13.4. The largest absolute Gasteiger partial charge is 0.366 e. The van der Waals surface area contributed by atoms with Crippen LogP contribution in [0.4, 0.5) is 10.2 Å². The summed E-state index contributed by atoms with van der Waals surface area (Å²) in [6, 6.07) is 3.85. The van der Waals surface area contributed by atoms with Gasteiger partial charge in [0.05, 0.1) is 0 Å². The summed E-state index contributed by atoms with van der Waals surface area (Å²) in [5, 5.41) is 11.8. The van der Waals surface area contributed by atoms with Crippen molar-refractivity contribution in [2.24, 2.45) is 5.92 Å². The number of carbonyl (C=O) groups excluding carboxylic acids is 1. The maximum Gasteiger partial charge on any atom is 0.303 e. The summed E-state index contributed by atoms with van der Waals surface area (Å²) in [6.45, 7) is 3.36. The van der Waals surface area contributed by atoms with Crippen LogP contribution in [0.5, 0.6) is 0 Å². The Hall–Kier alpha value is -1.41. The molecule has 0 aromatic carbocycles. The first-order valence-corrected chi connectivity index (χ1v) is 9.40. The third-order valence-electron chi connectivity index (χ3n) is 5.26. The minimum absolute atomic E-state index is 0. The lowest BCUT2D eigenvalue weighted by Gasteiger charge is -2.26.